The highest BCUT2D eigenvalue weighted by Gasteiger charge is 2.37. The number of benzene rings is 3. The Morgan fingerprint density at radius 3 is 1.95 bits per heavy atom. The van der Waals surface area contributed by atoms with Crippen molar-refractivity contribution in [1.29, 1.82) is 0 Å². The van der Waals surface area contributed by atoms with Crippen LogP contribution in [-0.4, -0.2) is 36.6 Å². The highest BCUT2D eigenvalue weighted by molar-refractivity contribution is 6.14. The largest absolute Gasteiger partial charge is 0.493 e. The molecule has 1 heterocycles. The first-order valence-corrected chi connectivity index (χ1v) is 11.7. The Morgan fingerprint density at radius 2 is 1.38 bits per heavy atom. The second-order valence-electron chi connectivity index (χ2n) is 9.25. The zero-order valence-corrected chi connectivity index (χ0v) is 21.5. The number of nitrogens with zero attached hydrogens (tertiary/aromatic N) is 1. The number of rotatable bonds is 6. The Morgan fingerprint density at radius 1 is 0.784 bits per heavy atom. The molecule has 1 amide bonds. The van der Waals surface area contributed by atoms with Crippen molar-refractivity contribution in [1.82, 2.24) is 4.90 Å². The Hall–Kier alpha value is -4.52. The number of allylic oxidation sites excluding steroid dienone is 1. The molecule has 0 radical (unpaired) electrons. The summed E-state index contributed by atoms with van der Waals surface area (Å²) in [5.74, 6) is 0.429. The summed E-state index contributed by atoms with van der Waals surface area (Å²) in [6.07, 6.45) is 0.766. The second kappa shape index (κ2) is 10.6. The molecule has 3 aromatic rings. The molecule has 0 aromatic heterocycles. The van der Waals surface area contributed by atoms with E-state index in [1.165, 1.54) is 25.4 Å². The highest BCUT2D eigenvalue weighted by Crippen LogP contribution is 2.39. The second-order valence-corrected chi connectivity index (χ2v) is 9.25. The van der Waals surface area contributed by atoms with Gasteiger partial charge in [0.1, 0.15) is 17.6 Å². The Labute approximate surface area is 216 Å². The Bertz CT molecular complexity index is 1350. The van der Waals surface area contributed by atoms with Crippen LogP contribution in [0.4, 0.5) is 4.79 Å². The van der Waals surface area contributed by atoms with Crippen LogP contribution in [0.2, 0.25) is 0 Å². The van der Waals surface area contributed by atoms with Crippen LogP contribution in [0, 0.1) is 0 Å². The van der Waals surface area contributed by atoms with Crippen LogP contribution < -0.4 is 9.47 Å². The number of hydrogen-bond acceptors (Lipinski definition) is 6. The van der Waals surface area contributed by atoms with Crippen LogP contribution in [0.1, 0.15) is 42.3 Å². The van der Waals surface area contributed by atoms with Crippen molar-refractivity contribution >= 4 is 23.3 Å². The molecule has 0 N–H and O–H groups in total. The summed E-state index contributed by atoms with van der Waals surface area (Å²) in [5, 5.41) is 0. The summed E-state index contributed by atoms with van der Waals surface area (Å²) in [7, 11) is 3.02. The number of methoxy groups -OCH3 is 2. The van der Waals surface area contributed by atoms with Gasteiger partial charge in [-0.3, -0.25) is 4.79 Å². The molecule has 4 rings (SSSR count). The van der Waals surface area contributed by atoms with Gasteiger partial charge in [-0.2, -0.15) is 0 Å². The minimum absolute atomic E-state index is 0.0241. The zero-order chi connectivity index (χ0) is 26.6. The summed E-state index contributed by atoms with van der Waals surface area (Å²) in [6.45, 7) is 5.37. The first-order valence-electron chi connectivity index (χ1n) is 11.7. The lowest BCUT2D eigenvalue weighted by Gasteiger charge is -2.34. The molecule has 0 atom stereocenters. The maximum absolute atomic E-state index is 13.9. The van der Waals surface area contributed by atoms with Crippen molar-refractivity contribution in [3.05, 3.63) is 108 Å². The van der Waals surface area contributed by atoms with E-state index >= 15 is 0 Å². The molecule has 37 heavy (non-hydrogen) atoms. The number of ether oxygens (including phenoxy) is 4. The fourth-order valence-corrected chi connectivity index (χ4v) is 3.87. The molecule has 1 aliphatic rings. The van der Waals surface area contributed by atoms with Gasteiger partial charge >= 0.3 is 6.09 Å². The molecular formula is C30H29NO6. The van der Waals surface area contributed by atoms with Crippen molar-refractivity contribution in [3.8, 4) is 11.5 Å². The van der Waals surface area contributed by atoms with Crippen molar-refractivity contribution in [3.63, 3.8) is 0 Å². The predicted octanol–water partition coefficient (Wildman–Crippen LogP) is 6.52. The first-order chi connectivity index (χ1) is 17.7. The molecule has 0 spiro atoms. The van der Waals surface area contributed by atoms with Crippen LogP contribution >= 0.6 is 0 Å². The van der Waals surface area contributed by atoms with Gasteiger partial charge in [-0.1, -0.05) is 60.7 Å². The van der Waals surface area contributed by atoms with E-state index in [4.69, 9.17) is 18.9 Å². The third-order valence-electron chi connectivity index (χ3n) is 5.51. The SMILES string of the molecule is COc1ccc(C(=O)C2=C(c3ccccc3)N(C(=O)OC(C)(C)C)C(c3ccccc3)=CO2)cc1OC. The van der Waals surface area contributed by atoms with Gasteiger partial charge < -0.3 is 18.9 Å². The van der Waals surface area contributed by atoms with Gasteiger partial charge in [-0.25, -0.2) is 9.69 Å². The minimum atomic E-state index is -0.771. The molecule has 0 fully saturated rings. The lowest BCUT2D eigenvalue weighted by Crippen LogP contribution is -2.37. The fraction of sp³-hybridized carbons (Fsp3) is 0.200. The van der Waals surface area contributed by atoms with E-state index in [0.29, 0.717) is 28.3 Å². The number of carbonyl (C=O) groups excluding carboxylic acids is 2. The summed E-state index contributed by atoms with van der Waals surface area (Å²) in [6, 6.07) is 23.3. The summed E-state index contributed by atoms with van der Waals surface area (Å²) in [4.78, 5) is 29.0. The quantitative estimate of drug-likeness (QED) is 0.360. The number of amides is 1. The van der Waals surface area contributed by atoms with E-state index in [-0.39, 0.29) is 11.5 Å². The molecule has 0 unspecified atom stereocenters. The first kappa shape index (κ1) is 25.6. The van der Waals surface area contributed by atoms with E-state index in [1.54, 1.807) is 39.0 Å². The molecule has 1 aliphatic heterocycles. The van der Waals surface area contributed by atoms with Gasteiger partial charge in [-0.05, 0) is 39.0 Å². The van der Waals surface area contributed by atoms with Crippen LogP contribution in [-0.2, 0) is 9.47 Å². The van der Waals surface area contributed by atoms with E-state index in [1.807, 2.05) is 60.7 Å². The predicted molar refractivity (Wildman–Crippen MR) is 141 cm³/mol. The molecule has 190 valence electrons. The normalized spacial score (nSPS) is 13.4. The van der Waals surface area contributed by atoms with Crippen molar-refractivity contribution in [2.45, 2.75) is 26.4 Å². The molecule has 0 saturated heterocycles. The fourth-order valence-electron chi connectivity index (χ4n) is 3.87. The third-order valence-corrected chi connectivity index (χ3v) is 5.51. The smallest absolute Gasteiger partial charge is 0.419 e. The Balaban J connectivity index is 1.92. The van der Waals surface area contributed by atoms with E-state index < -0.39 is 17.5 Å². The van der Waals surface area contributed by atoms with Crippen LogP contribution in [0.3, 0.4) is 0 Å². The molecule has 0 bridgehead atoms. The lowest BCUT2D eigenvalue weighted by molar-refractivity contribution is 0.0415. The number of ketones is 1. The summed E-state index contributed by atoms with van der Waals surface area (Å²) in [5.41, 5.74) is 1.58. The summed E-state index contributed by atoms with van der Waals surface area (Å²) >= 11 is 0. The standard InChI is InChI=1S/C30H29NO6/c1-30(2,3)37-29(33)31-23(20-12-8-6-9-13-20)19-36-28(26(31)21-14-10-7-11-15-21)27(32)22-16-17-24(34-4)25(18-22)35-5/h6-19H,1-5H3. The van der Waals surface area contributed by atoms with Crippen molar-refractivity contribution in [2.75, 3.05) is 14.2 Å². The number of carbonyl (C=O) groups is 2. The average molecular weight is 500 g/mol. The molecule has 7 heteroatoms. The van der Waals surface area contributed by atoms with Crippen LogP contribution in [0.5, 0.6) is 11.5 Å². The number of hydrogen-bond donors (Lipinski definition) is 0. The van der Waals surface area contributed by atoms with E-state index in [0.717, 1.165) is 5.56 Å². The third kappa shape index (κ3) is 5.51. The van der Waals surface area contributed by atoms with E-state index in [2.05, 4.69) is 0 Å². The van der Waals surface area contributed by atoms with Gasteiger partial charge in [0.25, 0.3) is 0 Å². The molecule has 7 nitrogen and oxygen atoms in total. The van der Waals surface area contributed by atoms with Gasteiger partial charge in [-0.15, -0.1) is 0 Å². The van der Waals surface area contributed by atoms with E-state index in [9.17, 15) is 9.59 Å². The van der Waals surface area contributed by atoms with Gasteiger partial charge in [0, 0.05) is 16.7 Å². The van der Waals surface area contributed by atoms with Crippen molar-refractivity contribution in [2.24, 2.45) is 0 Å². The minimum Gasteiger partial charge on any atom is -0.493 e. The van der Waals surface area contributed by atoms with Gasteiger partial charge in [0.15, 0.2) is 17.3 Å². The molecule has 0 saturated carbocycles. The van der Waals surface area contributed by atoms with Crippen molar-refractivity contribution < 1.29 is 28.5 Å². The molecule has 0 aliphatic carbocycles. The maximum Gasteiger partial charge on any atom is 0.419 e. The van der Waals surface area contributed by atoms with Gasteiger partial charge in [0.2, 0.25) is 5.78 Å². The summed E-state index contributed by atoms with van der Waals surface area (Å²) < 4.78 is 22.5. The van der Waals surface area contributed by atoms with Crippen LogP contribution in [0.15, 0.2) is 90.9 Å². The zero-order valence-electron chi connectivity index (χ0n) is 21.5. The van der Waals surface area contributed by atoms with Gasteiger partial charge in [0.05, 0.1) is 19.9 Å². The topological polar surface area (TPSA) is 74.3 Å². The highest BCUT2D eigenvalue weighted by atomic mass is 16.6. The molecule has 3 aromatic carbocycles. The number of Topliss-reactive ketones (excluding diaryl/α,β-unsaturated/α-hetero) is 1. The average Bonchev–Trinajstić information content (AvgIpc) is 2.91. The Kier molecular flexibility index (Phi) is 7.34. The molecular weight excluding hydrogens is 470 g/mol. The monoisotopic (exact) mass is 499 g/mol. The lowest BCUT2D eigenvalue weighted by atomic mass is 10.0. The van der Waals surface area contributed by atoms with Crippen LogP contribution in [0.25, 0.3) is 11.4 Å². The maximum atomic E-state index is 13.9.